The molecule has 1 heteroatoms. The third-order valence-electron chi connectivity index (χ3n) is 3.80. The molecule has 0 amide bonds. The average Bonchev–Trinajstić information content (AvgIpc) is 2.32. The SMILES string of the molecule is Cc1ccc(CCC2CCCCC2)cc1F. The number of benzene rings is 1. The molecule has 0 aromatic heterocycles. The Kier molecular flexibility index (Phi) is 3.98. The first-order valence-electron chi connectivity index (χ1n) is 6.51. The summed E-state index contributed by atoms with van der Waals surface area (Å²) in [5.41, 5.74) is 1.91. The number of aryl methyl sites for hydroxylation is 2. The first-order valence-corrected chi connectivity index (χ1v) is 6.51. The maximum atomic E-state index is 13.3. The normalized spacial score (nSPS) is 17.6. The van der Waals surface area contributed by atoms with Crippen molar-refractivity contribution in [2.75, 3.05) is 0 Å². The van der Waals surface area contributed by atoms with Crippen molar-refractivity contribution in [2.45, 2.75) is 51.9 Å². The first-order chi connectivity index (χ1) is 7.75. The molecule has 0 radical (unpaired) electrons. The fourth-order valence-electron chi connectivity index (χ4n) is 2.64. The Labute approximate surface area is 97.9 Å². The van der Waals surface area contributed by atoms with E-state index in [2.05, 4.69) is 6.07 Å². The highest BCUT2D eigenvalue weighted by Crippen LogP contribution is 2.27. The summed E-state index contributed by atoms with van der Waals surface area (Å²) in [6.07, 6.45) is 9.25. The molecular weight excluding hydrogens is 199 g/mol. The molecule has 16 heavy (non-hydrogen) atoms. The topological polar surface area (TPSA) is 0 Å². The summed E-state index contributed by atoms with van der Waals surface area (Å²) in [6.45, 7) is 1.82. The van der Waals surface area contributed by atoms with Gasteiger partial charge in [0.05, 0.1) is 0 Å². The van der Waals surface area contributed by atoms with Crippen LogP contribution in [-0.2, 0) is 6.42 Å². The Balaban J connectivity index is 1.86. The van der Waals surface area contributed by atoms with Crippen LogP contribution in [0.25, 0.3) is 0 Å². The molecule has 0 spiro atoms. The molecule has 88 valence electrons. The van der Waals surface area contributed by atoms with Crippen LogP contribution < -0.4 is 0 Å². The van der Waals surface area contributed by atoms with E-state index >= 15 is 0 Å². The molecule has 0 atom stereocenters. The predicted octanol–water partition coefficient (Wildman–Crippen LogP) is 4.65. The number of hydrogen-bond donors (Lipinski definition) is 0. The lowest BCUT2D eigenvalue weighted by Crippen LogP contribution is -2.07. The van der Waals surface area contributed by atoms with E-state index in [9.17, 15) is 4.39 Å². The number of rotatable bonds is 3. The van der Waals surface area contributed by atoms with Crippen molar-refractivity contribution in [3.63, 3.8) is 0 Å². The largest absolute Gasteiger partial charge is 0.207 e. The second-order valence-corrected chi connectivity index (χ2v) is 5.13. The van der Waals surface area contributed by atoms with Gasteiger partial charge in [0.2, 0.25) is 0 Å². The van der Waals surface area contributed by atoms with Crippen molar-refractivity contribution in [1.29, 1.82) is 0 Å². The summed E-state index contributed by atoms with van der Waals surface area (Å²) in [4.78, 5) is 0. The van der Waals surface area contributed by atoms with Gasteiger partial charge in [-0.25, -0.2) is 4.39 Å². The molecule has 0 aliphatic heterocycles. The smallest absolute Gasteiger partial charge is 0.126 e. The van der Waals surface area contributed by atoms with E-state index in [0.717, 1.165) is 23.5 Å². The van der Waals surface area contributed by atoms with Crippen LogP contribution in [0.3, 0.4) is 0 Å². The summed E-state index contributed by atoms with van der Waals surface area (Å²) in [6, 6.07) is 5.67. The maximum Gasteiger partial charge on any atom is 0.126 e. The van der Waals surface area contributed by atoms with Crippen molar-refractivity contribution >= 4 is 0 Å². The van der Waals surface area contributed by atoms with E-state index in [-0.39, 0.29) is 5.82 Å². The standard InChI is InChI=1S/C15H21F/c1-12-7-8-14(11-15(12)16)10-9-13-5-3-2-4-6-13/h7-8,11,13H,2-6,9-10H2,1H3. The minimum Gasteiger partial charge on any atom is -0.207 e. The monoisotopic (exact) mass is 220 g/mol. The average molecular weight is 220 g/mol. The Morgan fingerprint density at radius 3 is 2.62 bits per heavy atom. The second-order valence-electron chi connectivity index (χ2n) is 5.13. The van der Waals surface area contributed by atoms with E-state index in [1.165, 1.54) is 38.5 Å². The Hall–Kier alpha value is -0.850. The van der Waals surface area contributed by atoms with E-state index in [0.29, 0.717) is 0 Å². The molecule has 2 rings (SSSR count). The van der Waals surface area contributed by atoms with Gasteiger partial charge in [0.1, 0.15) is 5.82 Å². The Morgan fingerprint density at radius 2 is 1.94 bits per heavy atom. The fraction of sp³-hybridized carbons (Fsp3) is 0.600. The van der Waals surface area contributed by atoms with Crippen molar-refractivity contribution in [3.8, 4) is 0 Å². The zero-order chi connectivity index (χ0) is 11.4. The molecule has 0 saturated heterocycles. The van der Waals surface area contributed by atoms with Gasteiger partial charge in [0, 0.05) is 0 Å². The van der Waals surface area contributed by atoms with Crippen LogP contribution in [0.4, 0.5) is 4.39 Å². The second kappa shape index (κ2) is 5.47. The molecule has 0 N–H and O–H groups in total. The zero-order valence-electron chi connectivity index (χ0n) is 10.1. The number of halogens is 1. The minimum atomic E-state index is -0.0545. The molecule has 0 unspecified atom stereocenters. The summed E-state index contributed by atoms with van der Waals surface area (Å²) >= 11 is 0. The molecule has 1 aromatic rings. The highest BCUT2D eigenvalue weighted by atomic mass is 19.1. The molecule has 1 aliphatic carbocycles. The van der Waals surface area contributed by atoms with Gasteiger partial charge in [-0.05, 0) is 42.9 Å². The molecule has 1 aliphatic rings. The van der Waals surface area contributed by atoms with Gasteiger partial charge >= 0.3 is 0 Å². The van der Waals surface area contributed by atoms with Gasteiger partial charge in [-0.2, -0.15) is 0 Å². The van der Waals surface area contributed by atoms with Crippen LogP contribution in [-0.4, -0.2) is 0 Å². The zero-order valence-corrected chi connectivity index (χ0v) is 10.1. The summed E-state index contributed by atoms with van der Waals surface area (Å²) < 4.78 is 13.3. The van der Waals surface area contributed by atoms with E-state index in [1.807, 2.05) is 13.0 Å². The van der Waals surface area contributed by atoms with Crippen LogP contribution in [0, 0.1) is 18.7 Å². The third-order valence-corrected chi connectivity index (χ3v) is 3.80. The van der Waals surface area contributed by atoms with Crippen molar-refractivity contribution in [3.05, 3.63) is 35.1 Å². The summed E-state index contributed by atoms with van der Waals surface area (Å²) in [5.74, 6) is 0.833. The molecule has 0 heterocycles. The van der Waals surface area contributed by atoms with Gasteiger partial charge in [0.25, 0.3) is 0 Å². The van der Waals surface area contributed by atoms with Crippen molar-refractivity contribution in [1.82, 2.24) is 0 Å². The predicted molar refractivity (Wildman–Crippen MR) is 66.0 cm³/mol. The van der Waals surface area contributed by atoms with Crippen LogP contribution in [0.2, 0.25) is 0 Å². The molecule has 1 saturated carbocycles. The highest BCUT2D eigenvalue weighted by molar-refractivity contribution is 5.23. The van der Waals surface area contributed by atoms with Crippen LogP contribution >= 0.6 is 0 Å². The van der Waals surface area contributed by atoms with E-state index in [4.69, 9.17) is 0 Å². The third kappa shape index (κ3) is 3.07. The van der Waals surface area contributed by atoms with E-state index in [1.54, 1.807) is 6.07 Å². The fourth-order valence-corrected chi connectivity index (χ4v) is 2.64. The molecule has 0 bridgehead atoms. The summed E-state index contributed by atoms with van der Waals surface area (Å²) in [7, 11) is 0. The van der Waals surface area contributed by atoms with Gasteiger partial charge in [-0.3, -0.25) is 0 Å². The van der Waals surface area contributed by atoms with Crippen LogP contribution in [0.15, 0.2) is 18.2 Å². The lowest BCUT2D eigenvalue weighted by molar-refractivity contribution is 0.339. The van der Waals surface area contributed by atoms with Crippen LogP contribution in [0.5, 0.6) is 0 Å². The van der Waals surface area contributed by atoms with Gasteiger partial charge in [-0.15, -0.1) is 0 Å². The maximum absolute atomic E-state index is 13.3. The van der Waals surface area contributed by atoms with Gasteiger partial charge in [0.15, 0.2) is 0 Å². The first kappa shape index (κ1) is 11.6. The molecule has 1 aromatic carbocycles. The number of hydrogen-bond acceptors (Lipinski definition) is 0. The Bertz CT molecular complexity index is 337. The molecular formula is C15H21F. The quantitative estimate of drug-likeness (QED) is 0.695. The highest BCUT2D eigenvalue weighted by Gasteiger charge is 2.13. The van der Waals surface area contributed by atoms with Gasteiger partial charge < -0.3 is 0 Å². The van der Waals surface area contributed by atoms with Gasteiger partial charge in [-0.1, -0.05) is 44.2 Å². The van der Waals surface area contributed by atoms with Crippen LogP contribution in [0.1, 0.15) is 49.7 Å². The van der Waals surface area contributed by atoms with Crippen molar-refractivity contribution < 1.29 is 4.39 Å². The summed E-state index contributed by atoms with van der Waals surface area (Å²) in [5, 5.41) is 0. The lowest BCUT2D eigenvalue weighted by atomic mass is 9.85. The molecule has 1 fully saturated rings. The van der Waals surface area contributed by atoms with Crippen molar-refractivity contribution in [2.24, 2.45) is 5.92 Å². The lowest BCUT2D eigenvalue weighted by Gasteiger charge is -2.21. The molecule has 0 nitrogen and oxygen atoms in total. The Morgan fingerprint density at radius 1 is 1.19 bits per heavy atom. The van der Waals surface area contributed by atoms with E-state index < -0.39 is 0 Å². The minimum absolute atomic E-state index is 0.0545.